The molecule has 4 aliphatic rings. The van der Waals surface area contributed by atoms with Gasteiger partial charge < -0.3 is 8.23 Å². The summed E-state index contributed by atoms with van der Waals surface area (Å²) in [5, 5.41) is 7.95. The molecule has 10 aromatic carbocycles. The normalized spacial score (nSPS) is 14.5. The van der Waals surface area contributed by atoms with Gasteiger partial charge in [0.25, 0.3) is 0 Å². The molecule has 10 nitrogen and oxygen atoms in total. The van der Waals surface area contributed by atoms with E-state index in [0.717, 1.165) is 197 Å². The summed E-state index contributed by atoms with van der Waals surface area (Å²) in [4.78, 5) is 37.5. The van der Waals surface area contributed by atoms with Crippen molar-refractivity contribution >= 4 is 104 Å². The third-order valence-corrected chi connectivity index (χ3v) is 33.3. The Morgan fingerprint density at radius 2 is 0.667 bits per heavy atom. The molecular formula is C92H94N8O2Si3. The highest BCUT2D eigenvalue weighted by molar-refractivity contribution is 6.88. The fraction of sp³-hybridized carbons (Fsp3) is 0.261. The van der Waals surface area contributed by atoms with Gasteiger partial charge in [0.05, 0.1) is 0 Å². The van der Waals surface area contributed by atoms with Crippen LogP contribution < -0.4 is 11.0 Å². The van der Waals surface area contributed by atoms with Gasteiger partial charge >= 0.3 is 8.88 Å². The molecule has 6 bridgehead atoms. The maximum atomic E-state index is 9.28. The van der Waals surface area contributed by atoms with Crippen molar-refractivity contribution in [3.05, 3.63) is 276 Å². The van der Waals surface area contributed by atoms with Gasteiger partial charge in [-0.2, -0.15) is 0 Å². The van der Waals surface area contributed by atoms with Crippen LogP contribution in [0.3, 0.4) is 0 Å². The van der Waals surface area contributed by atoms with Gasteiger partial charge in [-0.1, -0.05) is 286 Å². The Morgan fingerprint density at radius 3 is 1.02 bits per heavy atom. The summed E-state index contributed by atoms with van der Waals surface area (Å²) in [7, 11) is -11.2. The molecule has 105 heavy (non-hydrogen) atoms. The summed E-state index contributed by atoms with van der Waals surface area (Å²) in [5.74, 6) is 3.50. The quantitative estimate of drug-likeness (QED) is 0.0383. The average Bonchev–Trinajstić information content (AvgIpc) is 1.51. The molecule has 526 valence electrons. The standard InChI is InChI=1S/C92H94N8O2Si3/c1-13-15-17-19-21-39-57-103(9,10)101-105(102-104(11,12)58-40-22-20-18-16-14-2)99-88-79-75(61-41-27-23-28-42-61)67-49-35-37-51-69(67)77(63-45-31-25-32-46-63)81(79)89(99)97-85-73-59-65(91(3,4)5)53-55-71(73)83(93-85)95-87-80-76(62-43-29-24-30-44-62)68-50-36-38-52-70(68)78(64-47-33-26-34-48-64)82(80)90(100(87)105)98-86-74-60-66(92(6,7)8)54-56-72(74)84(94-86)96-88/h13-14,23-38,41-56,59-60H,1-2,15-22,39-40,57-58H2,3-12H3. The second-order valence-corrected chi connectivity index (χ2v) is 43.9. The molecule has 0 saturated heterocycles. The molecule has 16 rings (SSSR count). The van der Waals surface area contributed by atoms with E-state index in [2.05, 4.69) is 308 Å². The highest BCUT2D eigenvalue weighted by atomic mass is 28.5. The zero-order valence-electron chi connectivity index (χ0n) is 62.6. The molecule has 2 aromatic heterocycles. The lowest BCUT2D eigenvalue weighted by Crippen LogP contribution is -2.70. The molecule has 0 N–H and O–H groups in total. The first-order valence-electron chi connectivity index (χ1n) is 38.0. The van der Waals surface area contributed by atoms with E-state index in [1.807, 2.05) is 0 Å². The van der Waals surface area contributed by atoms with E-state index in [1.54, 1.807) is 0 Å². The second kappa shape index (κ2) is 27.6. The van der Waals surface area contributed by atoms with Gasteiger partial charge in [0.1, 0.15) is 22.6 Å². The van der Waals surface area contributed by atoms with Crippen LogP contribution in [0.5, 0.6) is 0 Å². The largest absolute Gasteiger partial charge is 0.582 e. The molecule has 0 unspecified atom stereocenters. The monoisotopic (exact) mass is 1430 g/mol. The van der Waals surface area contributed by atoms with Crippen molar-refractivity contribution in [1.29, 1.82) is 0 Å². The van der Waals surface area contributed by atoms with Crippen LogP contribution in [-0.2, 0) is 19.1 Å². The zero-order valence-corrected chi connectivity index (χ0v) is 65.6. The number of fused-ring (bicyclic) bond motifs is 16. The number of amidine groups is 4. The van der Waals surface area contributed by atoms with Crippen molar-refractivity contribution in [3.63, 3.8) is 0 Å². The number of benzene rings is 10. The zero-order chi connectivity index (χ0) is 72.6. The SMILES string of the molecule is C=CCCCCCC[Si](C)(C)O[Si]1(O[Si](C)(C)CCCCCCC=C)n2c3c4c(-c5ccccc5)c5ccccc5c(-c5ccccc5)c4c2N=C2N=C(N=c4c5c(-c6ccccc6)c6ccccc6c(-c6ccccc6)c5c(n41)=NC1=NC(=N3)c3ccc(C(C)(C)C)cc31)c1ccc(C(C)(C)C)cc12. The van der Waals surface area contributed by atoms with Crippen molar-refractivity contribution in [3.8, 4) is 44.5 Å². The molecule has 0 fully saturated rings. The Bertz CT molecular complexity index is 5700. The van der Waals surface area contributed by atoms with Crippen molar-refractivity contribution in [2.45, 2.75) is 155 Å². The highest BCUT2D eigenvalue weighted by Crippen LogP contribution is 2.56. The van der Waals surface area contributed by atoms with E-state index in [-0.39, 0.29) is 10.8 Å². The van der Waals surface area contributed by atoms with Crippen LogP contribution in [0.2, 0.25) is 38.3 Å². The van der Waals surface area contributed by atoms with E-state index >= 15 is 0 Å². The van der Waals surface area contributed by atoms with E-state index in [0.29, 0.717) is 46.0 Å². The Hall–Kier alpha value is -9.87. The predicted molar refractivity (Wildman–Crippen MR) is 449 cm³/mol. The van der Waals surface area contributed by atoms with Gasteiger partial charge in [-0.3, -0.25) is 8.47 Å². The van der Waals surface area contributed by atoms with Crippen LogP contribution >= 0.6 is 0 Å². The minimum atomic E-state index is -4.95. The van der Waals surface area contributed by atoms with Crippen LogP contribution in [0.15, 0.2) is 262 Å². The fourth-order valence-corrected chi connectivity index (χ4v) is 29.2. The lowest BCUT2D eigenvalue weighted by molar-refractivity contribution is 0.332. The van der Waals surface area contributed by atoms with Crippen LogP contribution in [0.1, 0.15) is 139 Å². The summed E-state index contributed by atoms with van der Waals surface area (Å²) in [6.45, 7) is 31.7. The number of aliphatic imine (C=N–C) groups is 4. The van der Waals surface area contributed by atoms with Gasteiger partial charge in [-0.25, -0.2) is 30.0 Å². The second-order valence-electron chi connectivity index (χ2n) is 32.3. The molecule has 0 radical (unpaired) electrons. The molecular weight excluding hydrogens is 1330 g/mol. The Balaban J connectivity index is 1.24. The number of aromatic nitrogens is 2. The van der Waals surface area contributed by atoms with Gasteiger partial charge in [-0.05, 0) is 142 Å². The van der Waals surface area contributed by atoms with Gasteiger partial charge in [-0.15, -0.1) is 13.2 Å². The molecule has 6 heterocycles. The van der Waals surface area contributed by atoms with E-state index < -0.39 is 25.5 Å². The molecule has 0 atom stereocenters. The predicted octanol–water partition coefficient (Wildman–Crippen LogP) is 23.7. The van der Waals surface area contributed by atoms with Crippen molar-refractivity contribution < 1.29 is 8.23 Å². The number of allylic oxidation sites excluding steroid dienone is 2. The minimum Gasteiger partial charge on any atom is -0.404 e. The average molecular weight is 1430 g/mol. The highest BCUT2D eigenvalue weighted by Gasteiger charge is 2.59. The van der Waals surface area contributed by atoms with Gasteiger partial charge in [0, 0.05) is 66.1 Å². The van der Waals surface area contributed by atoms with Crippen molar-refractivity contribution in [2.24, 2.45) is 30.0 Å². The van der Waals surface area contributed by atoms with E-state index in [4.69, 9.17) is 30.0 Å². The number of nitrogens with zero attached hydrogens (tertiary/aromatic N) is 8. The number of hydrogen-bond acceptors (Lipinski definition) is 8. The van der Waals surface area contributed by atoms with E-state index in [1.165, 1.54) is 0 Å². The van der Waals surface area contributed by atoms with Crippen LogP contribution in [0.25, 0.3) is 87.6 Å². The number of unbranched alkanes of at least 4 members (excludes halogenated alkanes) is 8. The summed E-state index contributed by atoms with van der Waals surface area (Å²) in [6.07, 6.45) is 14.5. The maximum absolute atomic E-state index is 9.28. The Labute approximate surface area is 621 Å². The third kappa shape index (κ3) is 12.6. The summed E-state index contributed by atoms with van der Waals surface area (Å²) in [5.41, 5.74) is 15.0. The summed E-state index contributed by atoms with van der Waals surface area (Å²) in [6, 6.07) is 77.1. The smallest absolute Gasteiger partial charge is 0.404 e. The molecule has 0 spiro atoms. The van der Waals surface area contributed by atoms with Crippen molar-refractivity contribution in [1.82, 2.24) is 8.47 Å². The molecule has 12 aromatic rings. The molecule has 0 amide bonds. The van der Waals surface area contributed by atoms with E-state index in [9.17, 15) is 8.23 Å². The fourth-order valence-electron chi connectivity index (χ4n) is 16.5. The Morgan fingerprint density at radius 1 is 0.352 bits per heavy atom. The summed E-state index contributed by atoms with van der Waals surface area (Å²) < 4.78 is 23.5. The van der Waals surface area contributed by atoms with Crippen molar-refractivity contribution in [2.75, 3.05) is 0 Å². The van der Waals surface area contributed by atoms with Crippen LogP contribution in [0.4, 0.5) is 11.6 Å². The summed E-state index contributed by atoms with van der Waals surface area (Å²) >= 11 is 0. The molecule has 4 aliphatic heterocycles. The third-order valence-electron chi connectivity index (χ3n) is 21.7. The lowest BCUT2D eigenvalue weighted by atomic mass is 9.85. The van der Waals surface area contributed by atoms with Crippen LogP contribution in [0, 0.1) is 0 Å². The first kappa shape index (κ1) is 69.5. The van der Waals surface area contributed by atoms with Crippen LogP contribution in [-0.4, -0.2) is 57.3 Å². The molecule has 0 saturated carbocycles. The minimum absolute atomic E-state index is 0.234. The number of rotatable bonds is 22. The molecule has 0 aliphatic carbocycles. The lowest BCUT2D eigenvalue weighted by Gasteiger charge is -2.43. The first-order chi connectivity index (χ1) is 50.8. The Kier molecular flexibility index (Phi) is 18.2. The number of hydrogen-bond donors (Lipinski definition) is 0. The molecule has 13 heteroatoms. The van der Waals surface area contributed by atoms with Gasteiger partial charge in [0.15, 0.2) is 40.0 Å². The topological polar surface area (TPSA) is 102 Å². The maximum Gasteiger partial charge on any atom is 0.582 e. The first-order valence-corrected chi connectivity index (χ1v) is 45.9. The van der Waals surface area contributed by atoms with Gasteiger partial charge in [0.2, 0.25) is 0 Å².